The molecule has 0 nitrogen and oxygen atoms in total. The van der Waals surface area contributed by atoms with Gasteiger partial charge in [-0.15, -0.1) is 0 Å². The van der Waals surface area contributed by atoms with Gasteiger partial charge < -0.3 is 0 Å². The average Bonchev–Trinajstić information content (AvgIpc) is 2.17. The molecule has 0 unspecified atom stereocenters. The number of rotatable bonds is 8. The highest BCUT2D eigenvalue weighted by Crippen LogP contribution is 2.36. The summed E-state index contributed by atoms with van der Waals surface area (Å²) in [6.45, 7) is 6.89. The number of hydrogen-bond acceptors (Lipinski definition) is 0. The van der Waals surface area contributed by atoms with Crippen LogP contribution in [-0.2, 0) is 0 Å². The molecule has 0 aromatic rings. The Hall–Kier alpha value is 0.532. The Balaban J connectivity index is 3.39. The third kappa shape index (κ3) is 6.58. The van der Waals surface area contributed by atoms with Crippen LogP contribution in [0.3, 0.4) is 0 Å². The smallest absolute Gasteiger partial charge is 0.0972 e. The van der Waals surface area contributed by atoms with Crippen LogP contribution in [0.2, 0.25) is 4.28 Å². The van der Waals surface area contributed by atoms with Crippen LogP contribution in [0, 0.1) is 0 Å². The highest BCUT2D eigenvalue weighted by molar-refractivity contribution is 6.15. The quantitative estimate of drug-likeness (QED) is 0.396. The molecule has 0 bridgehead atoms. The number of hydrogen-bond donors (Lipinski definition) is 0. The van der Waals surface area contributed by atoms with Crippen molar-refractivity contribution in [3.8, 4) is 0 Å². The van der Waals surface area contributed by atoms with Crippen LogP contribution >= 0.6 is 0 Å². The zero-order valence-corrected chi connectivity index (χ0v) is 10.9. The van der Waals surface area contributed by atoms with Gasteiger partial charge in [-0.2, -0.15) is 0 Å². The summed E-state index contributed by atoms with van der Waals surface area (Å²) in [5.74, 6) is 0. The van der Waals surface area contributed by atoms with Gasteiger partial charge in [0.25, 0.3) is 0 Å². The summed E-state index contributed by atoms with van der Waals surface area (Å²) in [5, 5.41) is 0. The second-order valence-electron chi connectivity index (χ2n) is 4.23. The van der Waals surface area contributed by atoms with Crippen LogP contribution in [-0.4, -0.2) is 16.3 Å². The molecule has 76 valence electrons. The molecule has 0 aromatic heterocycles. The summed E-state index contributed by atoms with van der Waals surface area (Å²) in [6, 6.07) is 0. The standard InChI is InChI=1S/C12H25.Al/c1-4-7-8-9-10-11-12(5-2)6-3;/h4-11H2,1-3H3;. The zero-order valence-electron chi connectivity index (χ0n) is 9.73. The lowest BCUT2D eigenvalue weighted by atomic mass is 9.94. The zero-order chi connectivity index (χ0) is 10.2. The van der Waals surface area contributed by atoms with Crippen molar-refractivity contribution in [3.63, 3.8) is 0 Å². The Kier molecular flexibility index (Phi) is 8.22. The van der Waals surface area contributed by atoms with Gasteiger partial charge in [0.1, 0.15) is 16.3 Å². The first-order chi connectivity index (χ1) is 6.18. The van der Waals surface area contributed by atoms with Crippen molar-refractivity contribution in [2.45, 2.75) is 76.4 Å². The van der Waals surface area contributed by atoms with Gasteiger partial charge in [0, 0.05) is 0 Å². The van der Waals surface area contributed by atoms with Crippen molar-refractivity contribution in [1.29, 1.82) is 0 Å². The molecule has 0 rings (SSSR count). The van der Waals surface area contributed by atoms with Gasteiger partial charge in [-0.1, -0.05) is 76.4 Å². The summed E-state index contributed by atoms with van der Waals surface area (Å²) in [6.07, 6.45) is 11.1. The molecule has 2 radical (unpaired) electrons. The maximum absolute atomic E-state index is 3.07. The minimum absolute atomic E-state index is 0.548. The van der Waals surface area contributed by atoms with E-state index in [0.717, 1.165) is 0 Å². The lowest BCUT2D eigenvalue weighted by Crippen LogP contribution is -2.10. The van der Waals surface area contributed by atoms with Gasteiger partial charge in [0.05, 0.1) is 0 Å². The molecule has 0 aliphatic heterocycles. The highest BCUT2D eigenvalue weighted by Gasteiger charge is 2.16. The Labute approximate surface area is 92.9 Å². The topological polar surface area (TPSA) is 0 Å². The molecule has 1 heteroatoms. The maximum Gasteiger partial charge on any atom is 0.129 e. The first-order valence-corrected chi connectivity index (χ1v) is 6.55. The normalized spacial score (nSPS) is 11.9. The monoisotopic (exact) mass is 196 g/mol. The second-order valence-corrected chi connectivity index (χ2v) is 5.46. The Morgan fingerprint density at radius 2 is 1.38 bits per heavy atom. The molecule has 0 aliphatic rings. The van der Waals surface area contributed by atoms with E-state index in [0.29, 0.717) is 4.28 Å². The first kappa shape index (κ1) is 13.5. The average molecular weight is 196 g/mol. The van der Waals surface area contributed by atoms with Gasteiger partial charge in [-0.3, -0.25) is 0 Å². The Morgan fingerprint density at radius 3 is 1.85 bits per heavy atom. The van der Waals surface area contributed by atoms with Crippen molar-refractivity contribution < 1.29 is 0 Å². The third-order valence-corrected chi connectivity index (χ3v) is 4.29. The van der Waals surface area contributed by atoms with Crippen molar-refractivity contribution in [2.24, 2.45) is 0 Å². The van der Waals surface area contributed by atoms with Gasteiger partial charge in [0.15, 0.2) is 0 Å². The lowest BCUT2D eigenvalue weighted by Gasteiger charge is -2.28. The molecule has 13 heavy (non-hydrogen) atoms. The molecular formula is C12H25Al. The molecule has 0 spiro atoms. The van der Waals surface area contributed by atoms with E-state index in [2.05, 4.69) is 37.1 Å². The summed E-state index contributed by atoms with van der Waals surface area (Å²) >= 11 is 3.07. The Bertz CT molecular complexity index is 106. The van der Waals surface area contributed by atoms with Crippen LogP contribution in [0.25, 0.3) is 0 Å². The van der Waals surface area contributed by atoms with E-state index in [1.54, 1.807) is 0 Å². The van der Waals surface area contributed by atoms with Gasteiger partial charge in [0.2, 0.25) is 0 Å². The fourth-order valence-electron chi connectivity index (χ4n) is 1.68. The molecule has 0 atom stereocenters. The van der Waals surface area contributed by atoms with E-state index >= 15 is 0 Å². The van der Waals surface area contributed by atoms with E-state index in [9.17, 15) is 0 Å². The number of unbranched alkanes of at least 4 members (excludes halogenated alkanes) is 4. The fourth-order valence-corrected chi connectivity index (χ4v) is 1.89. The molecule has 0 aliphatic carbocycles. The highest BCUT2D eigenvalue weighted by atomic mass is 27.0. The lowest BCUT2D eigenvalue weighted by molar-refractivity contribution is 0.450. The molecular weight excluding hydrogens is 171 g/mol. The fraction of sp³-hybridized carbons (Fsp3) is 1.00. The minimum Gasteiger partial charge on any atom is -0.0972 e. The predicted octanol–water partition coefficient (Wildman–Crippen LogP) is 4.49. The maximum atomic E-state index is 3.07. The van der Waals surface area contributed by atoms with Crippen LogP contribution in [0.15, 0.2) is 0 Å². The first-order valence-electron chi connectivity index (χ1n) is 5.97. The summed E-state index contributed by atoms with van der Waals surface area (Å²) in [5.41, 5.74) is 0. The van der Waals surface area contributed by atoms with Crippen molar-refractivity contribution in [3.05, 3.63) is 0 Å². The van der Waals surface area contributed by atoms with E-state index in [-0.39, 0.29) is 0 Å². The van der Waals surface area contributed by atoms with Crippen LogP contribution in [0.5, 0.6) is 0 Å². The van der Waals surface area contributed by atoms with Gasteiger partial charge in [-0.25, -0.2) is 0 Å². The largest absolute Gasteiger partial charge is 0.129 e. The van der Waals surface area contributed by atoms with Crippen LogP contribution in [0.1, 0.15) is 72.1 Å². The summed E-state index contributed by atoms with van der Waals surface area (Å²) in [7, 11) is 0. The van der Waals surface area contributed by atoms with E-state index in [4.69, 9.17) is 0 Å². The van der Waals surface area contributed by atoms with Crippen LogP contribution in [0.4, 0.5) is 0 Å². The molecule has 0 aromatic carbocycles. The molecule has 0 heterocycles. The van der Waals surface area contributed by atoms with E-state index in [1.807, 2.05) is 0 Å². The van der Waals surface area contributed by atoms with Gasteiger partial charge in [-0.05, 0) is 0 Å². The van der Waals surface area contributed by atoms with Crippen molar-refractivity contribution >= 4 is 16.3 Å². The summed E-state index contributed by atoms with van der Waals surface area (Å²) in [4.78, 5) is 0. The second kappa shape index (κ2) is 7.89. The summed E-state index contributed by atoms with van der Waals surface area (Å²) < 4.78 is 0.548. The van der Waals surface area contributed by atoms with Crippen LogP contribution < -0.4 is 0 Å². The van der Waals surface area contributed by atoms with Gasteiger partial charge >= 0.3 is 0 Å². The van der Waals surface area contributed by atoms with E-state index in [1.165, 1.54) is 51.4 Å². The van der Waals surface area contributed by atoms with Crippen molar-refractivity contribution in [2.75, 3.05) is 0 Å². The third-order valence-electron chi connectivity index (χ3n) is 3.19. The SMILES string of the molecule is CCCCCCC[C]([Al])(CC)CC. The van der Waals surface area contributed by atoms with E-state index < -0.39 is 0 Å². The molecule has 0 fully saturated rings. The molecule has 0 saturated heterocycles. The minimum atomic E-state index is 0.548. The predicted molar refractivity (Wildman–Crippen MR) is 62.4 cm³/mol. The molecule has 0 amide bonds. The van der Waals surface area contributed by atoms with Crippen molar-refractivity contribution in [1.82, 2.24) is 0 Å². The molecule has 0 saturated carbocycles. The molecule has 0 N–H and O–H groups in total. The Morgan fingerprint density at radius 1 is 0.846 bits per heavy atom.